The molecule has 0 heterocycles. The number of benzene rings is 2. The molecule has 0 fully saturated rings. The van der Waals surface area contributed by atoms with E-state index in [1.165, 1.54) is 12.1 Å². The second-order valence-corrected chi connectivity index (χ2v) is 5.43. The van der Waals surface area contributed by atoms with Crippen LogP contribution in [-0.2, 0) is 0 Å². The van der Waals surface area contributed by atoms with Gasteiger partial charge in [0.15, 0.2) is 0 Å². The van der Waals surface area contributed by atoms with Crippen molar-refractivity contribution in [1.82, 2.24) is 0 Å². The summed E-state index contributed by atoms with van der Waals surface area (Å²) in [4.78, 5) is 12.3. The Morgan fingerprint density at radius 1 is 1.25 bits per heavy atom. The Morgan fingerprint density at radius 2 is 1.95 bits per heavy atom. The lowest BCUT2D eigenvalue weighted by atomic mass is 10.1. The molecule has 1 amide bonds. The van der Waals surface area contributed by atoms with Crippen molar-refractivity contribution in [3.8, 4) is 0 Å². The first kappa shape index (κ1) is 14.5. The predicted octanol–water partition coefficient (Wildman–Crippen LogP) is 4.04. The monoisotopic (exact) mass is 336 g/mol. The molecule has 0 saturated heterocycles. The van der Waals surface area contributed by atoms with Crippen LogP contribution in [0.5, 0.6) is 0 Å². The Morgan fingerprint density at radius 3 is 2.60 bits per heavy atom. The standard InChI is InChI=1S/C15H14BrFN2O/c1-8-4-3-5-12(18)14(8)15(20)19-13-7-10(16)11(17)6-9(13)2/h3-7H,18H2,1-2H3,(H,19,20). The van der Waals surface area contributed by atoms with Gasteiger partial charge in [-0.1, -0.05) is 12.1 Å². The summed E-state index contributed by atoms with van der Waals surface area (Å²) in [6, 6.07) is 8.19. The minimum Gasteiger partial charge on any atom is -0.398 e. The molecule has 0 bridgehead atoms. The number of nitrogens with two attached hydrogens (primary N) is 1. The maximum Gasteiger partial charge on any atom is 0.258 e. The molecule has 3 nitrogen and oxygen atoms in total. The molecule has 0 aliphatic heterocycles. The van der Waals surface area contributed by atoms with Crippen LogP contribution in [0.25, 0.3) is 0 Å². The van der Waals surface area contributed by atoms with Gasteiger partial charge in [0.05, 0.1) is 10.0 Å². The molecule has 0 saturated carbocycles. The van der Waals surface area contributed by atoms with Gasteiger partial charge in [0, 0.05) is 11.4 Å². The third-order valence-electron chi connectivity index (χ3n) is 3.05. The SMILES string of the molecule is Cc1cc(F)c(Br)cc1NC(=O)c1c(C)cccc1N. The van der Waals surface area contributed by atoms with E-state index in [1.54, 1.807) is 19.1 Å². The molecule has 104 valence electrons. The average molecular weight is 337 g/mol. The van der Waals surface area contributed by atoms with Crippen LogP contribution in [0.4, 0.5) is 15.8 Å². The van der Waals surface area contributed by atoms with Crippen molar-refractivity contribution in [3.63, 3.8) is 0 Å². The molecule has 20 heavy (non-hydrogen) atoms. The first-order chi connectivity index (χ1) is 9.40. The molecule has 3 N–H and O–H groups in total. The lowest BCUT2D eigenvalue weighted by molar-refractivity contribution is 0.102. The van der Waals surface area contributed by atoms with Crippen LogP contribution < -0.4 is 11.1 Å². The second kappa shape index (κ2) is 5.63. The average Bonchev–Trinajstić information content (AvgIpc) is 2.35. The van der Waals surface area contributed by atoms with E-state index in [0.717, 1.165) is 5.56 Å². The molecule has 2 rings (SSSR count). The molecule has 2 aromatic rings. The zero-order chi connectivity index (χ0) is 14.9. The van der Waals surface area contributed by atoms with E-state index in [0.29, 0.717) is 27.0 Å². The molecule has 0 atom stereocenters. The quantitative estimate of drug-likeness (QED) is 0.813. The number of rotatable bonds is 2. The summed E-state index contributed by atoms with van der Waals surface area (Å²) in [5.41, 5.74) is 8.68. The maximum absolute atomic E-state index is 13.4. The predicted molar refractivity (Wildman–Crippen MR) is 82.4 cm³/mol. The van der Waals surface area contributed by atoms with E-state index in [1.807, 2.05) is 13.0 Å². The Balaban J connectivity index is 2.35. The Kier molecular flexibility index (Phi) is 4.09. The maximum atomic E-state index is 13.4. The fraction of sp³-hybridized carbons (Fsp3) is 0.133. The molecule has 0 spiro atoms. The number of carbonyl (C=O) groups excluding carboxylic acids is 1. The van der Waals surface area contributed by atoms with Crippen LogP contribution in [0.15, 0.2) is 34.8 Å². The molecule has 0 aliphatic rings. The van der Waals surface area contributed by atoms with E-state index in [2.05, 4.69) is 21.2 Å². The van der Waals surface area contributed by atoms with Gasteiger partial charge >= 0.3 is 0 Å². The summed E-state index contributed by atoms with van der Waals surface area (Å²) < 4.78 is 13.7. The number of hydrogen-bond acceptors (Lipinski definition) is 2. The summed E-state index contributed by atoms with van der Waals surface area (Å²) in [6.45, 7) is 3.55. The molecule has 0 aliphatic carbocycles. The van der Waals surface area contributed by atoms with Crippen LogP contribution in [-0.4, -0.2) is 5.91 Å². The van der Waals surface area contributed by atoms with Crippen molar-refractivity contribution < 1.29 is 9.18 Å². The van der Waals surface area contributed by atoms with Gasteiger partial charge in [-0.3, -0.25) is 4.79 Å². The van der Waals surface area contributed by atoms with E-state index in [4.69, 9.17) is 5.73 Å². The number of carbonyl (C=O) groups is 1. The molecule has 0 aromatic heterocycles. The molecular formula is C15H14BrFN2O. The molecular weight excluding hydrogens is 323 g/mol. The highest BCUT2D eigenvalue weighted by Gasteiger charge is 2.14. The number of halogens is 2. The summed E-state index contributed by atoms with van der Waals surface area (Å²) in [5, 5.41) is 2.76. The molecule has 5 heteroatoms. The van der Waals surface area contributed by atoms with Crippen LogP contribution >= 0.6 is 15.9 Å². The topological polar surface area (TPSA) is 55.1 Å². The number of nitrogens with one attached hydrogen (secondary N) is 1. The van der Waals surface area contributed by atoms with E-state index in [9.17, 15) is 9.18 Å². The molecule has 0 radical (unpaired) electrons. The second-order valence-electron chi connectivity index (χ2n) is 4.57. The summed E-state index contributed by atoms with van der Waals surface area (Å²) in [6.07, 6.45) is 0. The van der Waals surface area contributed by atoms with Crippen molar-refractivity contribution >= 4 is 33.2 Å². The fourth-order valence-corrected chi connectivity index (χ4v) is 2.31. The Bertz CT molecular complexity index is 666. The zero-order valence-electron chi connectivity index (χ0n) is 11.1. The smallest absolute Gasteiger partial charge is 0.258 e. The number of amides is 1. The van der Waals surface area contributed by atoms with Crippen LogP contribution in [0.3, 0.4) is 0 Å². The number of aryl methyl sites for hydroxylation is 2. The van der Waals surface area contributed by atoms with Crippen LogP contribution in [0.1, 0.15) is 21.5 Å². The lowest BCUT2D eigenvalue weighted by Gasteiger charge is -2.12. The Labute approximate surface area is 125 Å². The van der Waals surface area contributed by atoms with Crippen LogP contribution in [0, 0.1) is 19.7 Å². The summed E-state index contributed by atoms with van der Waals surface area (Å²) in [5.74, 6) is -0.668. The van der Waals surface area contributed by atoms with Gasteiger partial charge < -0.3 is 11.1 Å². The van der Waals surface area contributed by atoms with Crippen LogP contribution in [0.2, 0.25) is 0 Å². The minimum absolute atomic E-state index is 0.302. The van der Waals surface area contributed by atoms with Crippen molar-refractivity contribution in [3.05, 3.63) is 57.3 Å². The number of anilines is 2. The first-order valence-electron chi connectivity index (χ1n) is 6.02. The normalized spacial score (nSPS) is 10.4. The summed E-state index contributed by atoms with van der Waals surface area (Å²) in [7, 11) is 0. The van der Waals surface area contributed by atoms with Gasteiger partial charge in [-0.2, -0.15) is 0 Å². The highest BCUT2D eigenvalue weighted by Crippen LogP contribution is 2.25. The highest BCUT2D eigenvalue weighted by molar-refractivity contribution is 9.10. The van der Waals surface area contributed by atoms with Gasteiger partial charge in [-0.15, -0.1) is 0 Å². The fourth-order valence-electron chi connectivity index (χ4n) is 1.97. The highest BCUT2D eigenvalue weighted by atomic mass is 79.9. The Hall–Kier alpha value is -1.88. The van der Waals surface area contributed by atoms with Gasteiger partial charge in [-0.05, 0) is 59.1 Å². The molecule has 0 unspecified atom stereocenters. The minimum atomic E-state index is -0.365. The van der Waals surface area contributed by atoms with Crippen molar-refractivity contribution in [2.24, 2.45) is 0 Å². The van der Waals surface area contributed by atoms with Gasteiger partial charge in [0.2, 0.25) is 0 Å². The van der Waals surface area contributed by atoms with Crippen molar-refractivity contribution in [2.45, 2.75) is 13.8 Å². The number of nitrogen functional groups attached to an aromatic ring is 1. The van der Waals surface area contributed by atoms with E-state index >= 15 is 0 Å². The largest absolute Gasteiger partial charge is 0.398 e. The number of hydrogen-bond donors (Lipinski definition) is 2. The van der Waals surface area contributed by atoms with Gasteiger partial charge in [0.1, 0.15) is 5.82 Å². The zero-order valence-corrected chi connectivity index (χ0v) is 12.7. The van der Waals surface area contributed by atoms with Gasteiger partial charge in [-0.25, -0.2) is 4.39 Å². The van der Waals surface area contributed by atoms with Crippen molar-refractivity contribution in [2.75, 3.05) is 11.1 Å². The third-order valence-corrected chi connectivity index (χ3v) is 3.66. The first-order valence-corrected chi connectivity index (χ1v) is 6.81. The third kappa shape index (κ3) is 2.82. The lowest BCUT2D eigenvalue weighted by Crippen LogP contribution is -2.16. The van der Waals surface area contributed by atoms with Gasteiger partial charge in [0.25, 0.3) is 5.91 Å². The summed E-state index contributed by atoms with van der Waals surface area (Å²) >= 11 is 3.10. The molecule has 2 aromatic carbocycles. The van der Waals surface area contributed by atoms with E-state index < -0.39 is 0 Å². The van der Waals surface area contributed by atoms with Crippen molar-refractivity contribution in [1.29, 1.82) is 0 Å². The van der Waals surface area contributed by atoms with E-state index in [-0.39, 0.29) is 11.7 Å².